The number of nitrogens with two attached hydrogens (primary N) is 1. The molecule has 0 aliphatic rings. The van der Waals surface area contributed by atoms with Crippen LogP contribution in [0, 0.1) is 0 Å². The molecule has 0 saturated heterocycles. The first kappa shape index (κ1) is 17.5. The van der Waals surface area contributed by atoms with Crippen LogP contribution in [0.25, 0.3) is 11.1 Å². The maximum absolute atomic E-state index is 12.0. The van der Waals surface area contributed by atoms with Crippen molar-refractivity contribution in [1.82, 2.24) is 4.98 Å². The molecule has 0 bridgehead atoms. The molecule has 0 radical (unpaired) electrons. The van der Waals surface area contributed by atoms with Crippen LogP contribution in [0.5, 0.6) is 5.75 Å². The van der Waals surface area contributed by atoms with E-state index in [0.29, 0.717) is 17.7 Å². The molecular weight excluding hydrogens is 384 g/mol. The minimum absolute atomic E-state index is 0.203. The summed E-state index contributed by atoms with van der Waals surface area (Å²) in [5.74, 6) is -3.02. The van der Waals surface area contributed by atoms with Crippen LogP contribution in [-0.2, 0) is 0 Å². The summed E-state index contributed by atoms with van der Waals surface area (Å²) in [6.45, 7) is 0.360. The lowest BCUT2D eigenvalue weighted by Gasteiger charge is -2.13. The number of halogens is 1. The van der Waals surface area contributed by atoms with E-state index in [1.807, 2.05) is 0 Å². The van der Waals surface area contributed by atoms with Crippen LogP contribution < -0.4 is 16.0 Å². The van der Waals surface area contributed by atoms with Crippen LogP contribution in [0.2, 0.25) is 0 Å². The second kappa shape index (κ2) is 7.18. The van der Waals surface area contributed by atoms with Crippen molar-refractivity contribution < 1.29 is 24.5 Å². The summed E-state index contributed by atoms with van der Waals surface area (Å²) in [6.07, 6.45) is 0. The van der Waals surface area contributed by atoms with Crippen molar-refractivity contribution in [2.24, 2.45) is 0 Å². The number of benzene rings is 1. The van der Waals surface area contributed by atoms with Gasteiger partial charge >= 0.3 is 11.9 Å². The Morgan fingerprint density at radius 3 is 2.46 bits per heavy atom. The first-order valence-corrected chi connectivity index (χ1v) is 7.80. The third kappa shape index (κ3) is 3.40. The first-order valence-electron chi connectivity index (χ1n) is 6.68. The lowest BCUT2D eigenvalue weighted by molar-refractivity contribution is 0.0695. The van der Waals surface area contributed by atoms with Crippen LogP contribution in [0.15, 0.2) is 29.1 Å². The largest absolute Gasteiger partial charge is 0.493 e. The van der Waals surface area contributed by atoms with E-state index in [9.17, 15) is 24.6 Å². The van der Waals surface area contributed by atoms with Gasteiger partial charge in [0.2, 0.25) is 0 Å². The normalized spacial score (nSPS) is 10.4. The Morgan fingerprint density at radius 2 is 1.88 bits per heavy atom. The summed E-state index contributed by atoms with van der Waals surface area (Å²) in [4.78, 5) is 37.0. The molecule has 1 aromatic heterocycles. The van der Waals surface area contributed by atoms with Gasteiger partial charge in [-0.1, -0.05) is 28.1 Å². The third-order valence-corrected chi connectivity index (χ3v) is 3.46. The molecule has 5 N–H and O–H groups in total. The number of aromatic amines is 1. The summed E-state index contributed by atoms with van der Waals surface area (Å²) < 4.78 is 5.42. The predicted octanol–water partition coefficient (Wildman–Crippen LogP) is 1.79. The SMILES string of the molecule is Nc1[nH]c(=O)c(C(=O)O)c(-c2cccc(OCCBr)c2)c1C(=O)O. The summed E-state index contributed by atoms with van der Waals surface area (Å²) in [7, 11) is 0. The van der Waals surface area contributed by atoms with Gasteiger partial charge in [-0.25, -0.2) is 9.59 Å². The first-order chi connectivity index (χ1) is 11.4. The Kier molecular flexibility index (Phi) is 5.24. The average Bonchev–Trinajstić information content (AvgIpc) is 2.51. The van der Waals surface area contributed by atoms with Gasteiger partial charge in [0.25, 0.3) is 5.56 Å². The molecule has 0 atom stereocenters. The maximum Gasteiger partial charge on any atom is 0.342 e. The van der Waals surface area contributed by atoms with Crippen molar-refractivity contribution in [2.45, 2.75) is 0 Å². The van der Waals surface area contributed by atoms with Crippen LogP contribution in [0.3, 0.4) is 0 Å². The zero-order valence-corrected chi connectivity index (χ0v) is 13.8. The molecule has 2 aromatic rings. The summed E-state index contributed by atoms with van der Waals surface area (Å²) in [6, 6.07) is 6.13. The zero-order chi connectivity index (χ0) is 17.9. The number of anilines is 1. The molecule has 2 rings (SSSR count). The zero-order valence-electron chi connectivity index (χ0n) is 12.2. The number of pyridine rings is 1. The Morgan fingerprint density at radius 1 is 1.21 bits per heavy atom. The Hall–Kier alpha value is -2.81. The molecule has 0 saturated carbocycles. The van der Waals surface area contributed by atoms with Crippen LogP contribution in [0.4, 0.5) is 5.82 Å². The van der Waals surface area contributed by atoms with Crippen molar-refractivity contribution in [3.8, 4) is 16.9 Å². The molecule has 0 aliphatic heterocycles. The van der Waals surface area contributed by atoms with Crippen molar-refractivity contribution in [3.63, 3.8) is 0 Å². The van der Waals surface area contributed by atoms with E-state index in [4.69, 9.17) is 10.5 Å². The topological polar surface area (TPSA) is 143 Å². The number of carboxylic acids is 2. The highest BCUT2D eigenvalue weighted by Gasteiger charge is 2.26. The van der Waals surface area contributed by atoms with E-state index >= 15 is 0 Å². The van der Waals surface area contributed by atoms with Gasteiger partial charge in [0.15, 0.2) is 0 Å². The summed E-state index contributed by atoms with van der Waals surface area (Å²) >= 11 is 3.21. The van der Waals surface area contributed by atoms with Gasteiger partial charge in [0.05, 0.1) is 6.61 Å². The number of hydrogen-bond donors (Lipinski definition) is 4. The van der Waals surface area contributed by atoms with E-state index in [-0.39, 0.29) is 11.1 Å². The van der Waals surface area contributed by atoms with E-state index < -0.39 is 34.4 Å². The van der Waals surface area contributed by atoms with Gasteiger partial charge in [-0.2, -0.15) is 0 Å². The molecule has 0 spiro atoms. The molecular formula is C15H13BrN2O6. The Bertz CT molecular complexity index is 862. The second-order valence-corrected chi connectivity index (χ2v) is 5.46. The van der Waals surface area contributed by atoms with Gasteiger partial charge in [0, 0.05) is 10.9 Å². The number of aromatic carboxylic acids is 2. The van der Waals surface area contributed by atoms with Gasteiger partial charge in [0.1, 0.15) is 22.7 Å². The Labute approximate surface area is 144 Å². The highest BCUT2D eigenvalue weighted by molar-refractivity contribution is 9.09. The number of nitrogen functional groups attached to an aromatic ring is 1. The lowest BCUT2D eigenvalue weighted by atomic mass is 9.95. The minimum Gasteiger partial charge on any atom is -0.493 e. The van der Waals surface area contributed by atoms with Crippen molar-refractivity contribution in [1.29, 1.82) is 0 Å². The highest BCUT2D eigenvalue weighted by atomic mass is 79.9. The summed E-state index contributed by atoms with van der Waals surface area (Å²) in [5, 5.41) is 19.3. The van der Waals surface area contributed by atoms with Crippen molar-refractivity contribution >= 4 is 33.7 Å². The smallest absolute Gasteiger partial charge is 0.342 e. The van der Waals surface area contributed by atoms with Crippen LogP contribution in [-0.4, -0.2) is 39.1 Å². The van der Waals surface area contributed by atoms with E-state index in [2.05, 4.69) is 20.9 Å². The number of ether oxygens (including phenoxy) is 1. The fourth-order valence-electron chi connectivity index (χ4n) is 2.23. The number of H-pyrrole nitrogens is 1. The van der Waals surface area contributed by atoms with Crippen LogP contribution >= 0.6 is 15.9 Å². The van der Waals surface area contributed by atoms with Crippen molar-refractivity contribution in [2.75, 3.05) is 17.7 Å². The van der Waals surface area contributed by atoms with Gasteiger partial charge in [-0.3, -0.25) is 4.79 Å². The molecule has 1 heterocycles. The van der Waals surface area contributed by atoms with Gasteiger partial charge < -0.3 is 25.7 Å². The summed E-state index contributed by atoms with van der Waals surface area (Å²) in [5.41, 5.74) is 3.36. The number of aromatic nitrogens is 1. The van der Waals surface area contributed by atoms with Crippen LogP contribution in [0.1, 0.15) is 20.7 Å². The number of rotatable bonds is 6. The number of alkyl halides is 1. The fourth-order valence-corrected chi connectivity index (χ4v) is 2.40. The number of nitrogens with one attached hydrogen (secondary N) is 1. The number of carboxylic acid groups (broad SMARTS) is 2. The molecule has 8 nitrogen and oxygen atoms in total. The number of hydrogen-bond acceptors (Lipinski definition) is 5. The monoisotopic (exact) mass is 396 g/mol. The van der Waals surface area contributed by atoms with Gasteiger partial charge in [-0.05, 0) is 17.7 Å². The molecule has 0 amide bonds. The molecule has 9 heteroatoms. The quantitative estimate of drug-likeness (QED) is 0.544. The van der Waals surface area contributed by atoms with E-state index in [1.165, 1.54) is 12.1 Å². The molecule has 0 fully saturated rings. The highest BCUT2D eigenvalue weighted by Crippen LogP contribution is 2.31. The predicted molar refractivity (Wildman–Crippen MR) is 90.1 cm³/mol. The van der Waals surface area contributed by atoms with Gasteiger partial charge in [-0.15, -0.1) is 0 Å². The standard InChI is InChI=1S/C15H13BrN2O6/c16-4-5-24-8-3-1-2-7(6-8)9-10(14(20)21)12(17)18-13(19)11(9)15(22)23/h1-3,6H,4-5H2,(H,20,21)(H,22,23)(H3,17,18,19). The Balaban J connectivity index is 2.79. The van der Waals surface area contributed by atoms with Crippen molar-refractivity contribution in [3.05, 3.63) is 45.7 Å². The molecule has 1 aromatic carbocycles. The van der Waals surface area contributed by atoms with E-state index in [1.54, 1.807) is 12.1 Å². The lowest BCUT2D eigenvalue weighted by Crippen LogP contribution is -2.24. The third-order valence-electron chi connectivity index (χ3n) is 3.14. The maximum atomic E-state index is 12.0. The number of carbonyl (C=O) groups is 2. The second-order valence-electron chi connectivity index (χ2n) is 4.67. The molecule has 0 aliphatic carbocycles. The van der Waals surface area contributed by atoms with E-state index in [0.717, 1.165) is 0 Å². The minimum atomic E-state index is -1.56. The molecule has 0 unspecified atom stereocenters. The molecule has 24 heavy (non-hydrogen) atoms. The molecule has 126 valence electrons. The fraction of sp³-hybridized carbons (Fsp3) is 0.133. The average molecular weight is 397 g/mol.